The van der Waals surface area contributed by atoms with Crippen molar-refractivity contribution in [1.82, 2.24) is 14.8 Å². The third-order valence-corrected chi connectivity index (χ3v) is 6.08. The fourth-order valence-electron chi connectivity index (χ4n) is 3.16. The van der Waals surface area contributed by atoms with E-state index in [2.05, 4.69) is 46.8 Å². The van der Waals surface area contributed by atoms with E-state index in [9.17, 15) is 5.11 Å². The lowest BCUT2D eigenvalue weighted by Gasteiger charge is -2.14. The molecule has 0 aliphatic rings. The van der Waals surface area contributed by atoms with Gasteiger partial charge in [-0.05, 0) is 49.2 Å². The van der Waals surface area contributed by atoms with Crippen LogP contribution in [0.1, 0.15) is 11.1 Å². The maximum Gasteiger partial charge on any atom is 0.196 e. The van der Waals surface area contributed by atoms with Crippen molar-refractivity contribution in [2.45, 2.75) is 25.1 Å². The summed E-state index contributed by atoms with van der Waals surface area (Å²) in [5, 5.41) is 20.1. The number of benzene rings is 3. The molecule has 0 saturated heterocycles. The molecule has 0 amide bonds. The highest BCUT2D eigenvalue weighted by Crippen LogP contribution is 2.29. The molecule has 0 aliphatic carbocycles. The Morgan fingerprint density at radius 2 is 1.61 bits per heavy atom. The molecular weight excluding hydrogens is 406 g/mol. The molecule has 6 heteroatoms. The van der Waals surface area contributed by atoms with Gasteiger partial charge in [0.2, 0.25) is 0 Å². The number of hydrogen-bond acceptors (Lipinski definition) is 5. The van der Waals surface area contributed by atoms with Gasteiger partial charge in [0.25, 0.3) is 0 Å². The Morgan fingerprint density at radius 3 is 2.32 bits per heavy atom. The predicted molar refractivity (Wildman–Crippen MR) is 125 cm³/mol. The zero-order chi connectivity index (χ0) is 21.6. The molecule has 0 saturated carbocycles. The van der Waals surface area contributed by atoms with Crippen LogP contribution in [0.4, 0.5) is 0 Å². The standard InChI is InChI=1S/C25H25N3O2S/c1-18-13-14-21(15-19(18)2)28-24(20-9-5-3-6-10-20)26-27-25(28)31-17-22(29)16-30-23-11-7-4-8-12-23/h3-15,22,29H,16-17H2,1-2H3/t22-/m0/s1. The number of rotatable bonds is 8. The van der Waals surface area contributed by atoms with Crippen LogP contribution < -0.4 is 4.74 Å². The van der Waals surface area contributed by atoms with E-state index in [0.717, 1.165) is 28.0 Å². The van der Waals surface area contributed by atoms with Crippen molar-refractivity contribution < 1.29 is 9.84 Å². The van der Waals surface area contributed by atoms with Crippen molar-refractivity contribution in [3.8, 4) is 22.8 Å². The highest BCUT2D eigenvalue weighted by atomic mass is 32.2. The summed E-state index contributed by atoms with van der Waals surface area (Å²) in [6, 6.07) is 25.9. The Balaban J connectivity index is 1.55. The average Bonchev–Trinajstić information content (AvgIpc) is 3.23. The van der Waals surface area contributed by atoms with E-state index < -0.39 is 6.10 Å². The van der Waals surface area contributed by atoms with Gasteiger partial charge in [-0.15, -0.1) is 10.2 Å². The molecule has 0 bridgehead atoms. The summed E-state index contributed by atoms with van der Waals surface area (Å²) in [6.45, 7) is 4.42. The van der Waals surface area contributed by atoms with Crippen LogP contribution in [-0.2, 0) is 0 Å². The molecule has 1 aromatic heterocycles. The molecule has 31 heavy (non-hydrogen) atoms. The molecule has 5 nitrogen and oxygen atoms in total. The second-order valence-corrected chi connectivity index (χ2v) is 8.35. The summed E-state index contributed by atoms with van der Waals surface area (Å²) in [6.07, 6.45) is -0.629. The van der Waals surface area contributed by atoms with E-state index in [1.165, 1.54) is 22.9 Å². The number of nitrogens with zero attached hydrogens (tertiary/aromatic N) is 3. The molecular formula is C25H25N3O2S. The van der Waals surface area contributed by atoms with Crippen molar-refractivity contribution >= 4 is 11.8 Å². The van der Waals surface area contributed by atoms with Gasteiger partial charge in [0, 0.05) is 11.3 Å². The molecule has 1 N–H and O–H groups in total. The van der Waals surface area contributed by atoms with Crippen LogP contribution in [0.3, 0.4) is 0 Å². The topological polar surface area (TPSA) is 60.2 Å². The first-order valence-corrected chi connectivity index (χ1v) is 11.2. The van der Waals surface area contributed by atoms with E-state index in [4.69, 9.17) is 4.74 Å². The van der Waals surface area contributed by atoms with E-state index in [1.807, 2.05) is 60.7 Å². The fraction of sp³-hybridized carbons (Fsp3) is 0.200. The summed E-state index contributed by atoms with van der Waals surface area (Å²) in [5.74, 6) is 1.97. The second-order valence-electron chi connectivity index (χ2n) is 7.37. The third kappa shape index (κ3) is 5.16. The molecule has 0 radical (unpaired) electrons. The van der Waals surface area contributed by atoms with E-state index in [0.29, 0.717) is 5.75 Å². The van der Waals surface area contributed by atoms with Crippen LogP contribution in [-0.4, -0.2) is 38.3 Å². The first-order valence-electron chi connectivity index (χ1n) is 10.2. The Kier molecular flexibility index (Phi) is 6.70. The minimum absolute atomic E-state index is 0.223. The van der Waals surface area contributed by atoms with Crippen molar-refractivity contribution in [3.05, 3.63) is 90.0 Å². The smallest absolute Gasteiger partial charge is 0.196 e. The van der Waals surface area contributed by atoms with Gasteiger partial charge in [0.1, 0.15) is 12.4 Å². The van der Waals surface area contributed by atoms with E-state index in [1.54, 1.807) is 0 Å². The third-order valence-electron chi connectivity index (χ3n) is 5.00. The molecule has 158 valence electrons. The van der Waals surface area contributed by atoms with Crippen molar-refractivity contribution in [2.24, 2.45) is 0 Å². The molecule has 3 aromatic carbocycles. The minimum Gasteiger partial charge on any atom is -0.491 e. The molecule has 0 unspecified atom stereocenters. The Labute approximate surface area is 186 Å². The van der Waals surface area contributed by atoms with Gasteiger partial charge in [0.05, 0.1) is 11.8 Å². The van der Waals surface area contributed by atoms with Crippen molar-refractivity contribution in [3.63, 3.8) is 0 Å². The number of aromatic nitrogens is 3. The van der Waals surface area contributed by atoms with Gasteiger partial charge in [-0.25, -0.2) is 0 Å². The van der Waals surface area contributed by atoms with Crippen LogP contribution in [0.25, 0.3) is 17.1 Å². The largest absolute Gasteiger partial charge is 0.491 e. The second kappa shape index (κ2) is 9.81. The molecule has 0 spiro atoms. The van der Waals surface area contributed by atoms with Crippen LogP contribution in [0.15, 0.2) is 84.0 Å². The quantitative estimate of drug-likeness (QED) is 0.394. The lowest BCUT2D eigenvalue weighted by atomic mass is 10.1. The number of para-hydroxylation sites is 1. The number of aliphatic hydroxyl groups is 1. The van der Waals surface area contributed by atoms with Crippen molar-refractivity contribution in [1.29, 1.82) is 0 Å². The summed E-state index contributed by atoms with van der Waals surface area (Å²) >= 11 is 1.47. The molecule has 0 aliphatic heterocycles. The summed E-state index contributed by atoms with van der Waals surface area (Å²) < 4.78 is 7.72. The predicted octanol–water partition coefficient (Wildman–Crippen LogP) is 5.08. The Hall–Kier alpha value is -3.09. The van der Waals surface area contributed by atoms with Crippen LogP contribution in [0, 0.1) is 13.8 Å². The average molecular weight is 432 g/mol. The van der Waals surface area contributed by atoms with E-state index in [-0.39, 0.29) is 6.61 Å². The van der Waals surface area contributed by atoms with Gasteiger partial charge < -0.3 is 9.84 Å². The van der Waals surface area contributed by atoms with Crippen LogP contribution in [0.2, 0.25) is 0 Å². The van der Waals surface area contributed by atoms with Gasteiger partial charge in [-0.3, -0.25) is 4.57 Å². The van der Waals surface area contributed by atoms with Gasteiger partial charge in [-0.2, -0.15) is 0 Å². The van der Waals surface area contributed by atoms with Crippen LogP contribution in [0.5, 0.6) is 5.75 Å². The zero-order valence-electron chi connectivity index (χ0n) is 17.6. The normalized spacial score (nSPS) is 12.0. The Bertz CT molecular complexity index is 1130. The fourth-order valence-corrected chi connectivity index (χ4v) is 4.02. The number of aryl methyl sites for hydroxylation is 2. The molecule has 4 aromatic rings. The van der Waals surface area contributed by atoms with Gasteiger partial charge in [-0.1, -0.05) is 66.4 Å². The zero-order valence-corrected chi connectivity index (χ0v) is 18.4. The molecule has 0 fully saturated rings. The van der Waals surface area contributed by atoms with Gasteiger partial charge >= 0.3 is 0 Å². The van der Waals surface area contributed by atoms with Gasteiger partial charge in [0.15, 0.2) is 11.0 Å². The lowest BCUT2D eigenvalue weighted by Crippen LogP contribution is -2.20. The summed E-state index contributed by atoms with van der Waals surface area (Å²) in [5.41, 5.74) is 4.44. The lowest BCUT2D eigenvalue weighted by molar-refractivity contribution is 0.126. The highest BCUT2D eigenvalue weighted by Gasteiger charge is 2.18. The summed E-state index contributed by atoms with van der Waals surface area (Å²) in [4.78, 5) is 0. The number of aliphatic hydroxyl groups excluding tert-OH is 1. The molecule has 1 heterocycles. The first kappa shape index (κ1) is 21.2. The number of ether oxygens (including phenoxy) is 1. The maximum absolute atomic E-state index is 10.4. The highest BCUT2D eigenvalue weighted by molar-refractivity contribution is 7.99. The number of hydrogen-bond donors (Lipinski definition) is 1. The van der Waals surface area contributed by atoms with Crippen LogP contribution >= 0.6 is 11.8 Å². The Morgan fingerprint density at radius 1 is 0.903 bits per heavy atom. The van der Waals surface area contributed by atoms with E-state index >= 15 is 0 Å². The monoisotopic (exact) mass is 431 g/mol. The number of thioether (sulfide) groups is 1. The SMILES string of the molecule is Cc1ccc(-n2c(SC[C@@H](O)COc3ccccc3)nnc2-c2ccccc2)cc1C. The molecule has 4 rings (SSSR count). The first-order chi connectivity index (χ1) is 15.1. The minimum atomic E-state index is -0.629. The molecule has 1 atom stereocenters. The maximum atomic E-state index is 10.4. The summed E-state index contributed by atoms with van der Waals surface area (Å²) in [7, 11) is 0. The van der Waals surface area contributed by atoms with Crippen molar-refractivity contribution in [2.75, 3.05) is 12.4 Å².